The summed E-state index contributed by atoms with van der Waals surface area (Å²) < 4.78 is 29.2. The van der Waals surface area contributed by atoms with E-state index in [1.54, 1.807) is 45.2 Å². The van der Waals surface area contributed by atoms with E-state index in [2.05, 4.69) is 4.99 Å². The Morgan fingerprint density at radius 2 is 1.68 bits per heavy atom. The summed E-state index contributed by atoms with van der Waals surface area (Å²) in [5, 5.41) is 0. The Bertz CT molecular complexity index is 1530. The summed E-state index contributed by atoms with van der Waals surface area (Å²) >= 11 is 1.22. The molecule has 0 fully saturated rings. The maximum atomic E-state index is 13.8. The lowest BCUT2D eigenvalue weighted by atomic mass is 9.95. The third-order valence-electron chi connectivity index (χ3n) is 5.94. The van der Waals surface area contributed by atoms with Crippen molar-refractivity contribution in [3.8, 4) is 23.0 Å². The van der Waals surface area contributed by atoms with Crippen LogP contribution in [0.25, 0.3) is 6.08 Å². The van der Waals surface area contributed by atoms with Crippen molar-refractivity contribution in [2.24, 2.45) is 4.99 Å². The second-order valence-electron chi connectivity index (χ2n) is 8.00. The first-order valence-electron chi connectivity index (χ1n) is 11.5. The summed E-state index contributed by atoms with van der Waals surface area (Å²) in [6, 6.07) is 10.0. The van der Waals surface area contributed by atoms with Crippen LogP contribution in [0.4, 0.5) is 0 Å². The first-order valence-corrected chi connectivity index (χ1v) is 12.3. The number of fused-ring (bicyclic) bond motifs is 1. The molecule has 194 valence electrons. The van der Waals surface area contributed by atoms with Gasteiger partial charge in [0.15, 0.2) is 16.3 Å². The minimum absolute atomic E-state index is 0.194. The van der Waals surface area contributed by atoms with Gasteiger partial charge in [-0.3, -0.25) is 9.36 Å². The molecule has 0 bridgehead atoms. The van der Waals surface area contributed by atoms with Gasteiger partial charge in [0, 0.05) is 5.56 Å². The summed E-state index contributed by atoms with van der Waals surface area (Å²) in [6.07, 6.45) is 1.73. The molecule has 4 rings (SSSR count). The van der Waals surface area contributed by atoms with Crippen LogP contribution in [0.2, 0.25) is 0 Å². The van der Waals surface area contributed by atoms with Gasteiger partial charge in [-0.15, -0.1) is 0 Å². The number of esters is 1. The smallest absolute Gasteiger partial charge is 0.338 e. The van der Waals surface area contributed by atoms with Crippen molar-refractivity contribution in [3.05, 3.63) is 78.5 Å². The van der Waals surface area contributed by atoms with E-state index >= 15 is 0 Å². The van der Waals surface area contributed by atoms with E-state index in [1.807, 2.05) is 18.2 Å². The van der Waals surface area contributed by atoms with Crippen molar-refractivity contribution < 1.29 is 28.5 Å². The van der Waals surface area contributed by atoms with Crippen LogP contribution in [-0.4, -0.2) is 45.6 Å². The highest BCUT2D eigenvalue weighted by Crippen LogP contribution is 2.38. The maximum Gasteiger partial charge on any atom is 0.338 e. The standard InChI is InChI=1S/C27H28N2O7S/c1-7-36-26(31)22-15(2)28-27-29(23(22)17-10-8-9-11-18(17)32-3)25(30)21(37-27)14-16-12-19(33-4)24(35-6)20(13-16)34-5/h8-14,23H,7H2,1-6H3/b21-14-/t23-/m1/s1. The Hall–Kier alpha value is -4.05. The van der Waals surface area contributed by atoms with E-state index in [0.29, 0.717) is 49.2 Å². The molecule has 1 aliphatic rings. The highest BCUT2D eigenvalue weighted by molar-refractivity contribution is 7.07. The molecule has 9 nitrogen and oxygen atoms in total. The third kappa shape index (κ3) is 4.72. The molecule has 0 saturated heterocycles. The quantitative estimate of drug-likeness (QED) is 0.418. The van der Waals surface area contributed by atoms with Gasteiger partial charge in [-0.1, -0.05) is 29.5 Å². The molecule has 0 radical (unpaired) electrons. The number of thiazole rings is 1. The van der Waals surface area contributed by atoms with Crippen molar-refractivity contribution >= 4 is 23.4 Å². The highest BCUT2D eigenvalue weighted by atomic mass is 32.1. The number of hydrogen-bond acceptors (Lipinski definition) is 9. The lowest BCUT2D eigenvalue weighted by Gasteiger charge is -2.25. The van der Waals surface area contributed by atoms with Crippen molar-refractivity contribution in [3.63, 3.8) is 0 Å². The summed E-state index contributed by atoms with van der Waals surface area (Å²) in [4.78, 5) is 32.0. The Morgan fingerprint density at radius 1 is 1.03 bits per heavy atom. The van der Waals surface area contributed by atoms with Gasteiger partial charge in [0.1, 0.15) is 11.8 Å². The predicted molar refractivity (Wildman–Crippen MR) is 139 cm³/mol. The number of methoxy groups -OCH3 is 4. The molecule has 2 aromatic carbocycles. The number of allylic oxidation sites excluding steroid dienone is 1. The molecule has 37 heavy (non-hydrogen) atoms. The Morgan fingerprint density at radius 3 is 2.27 bits per heavy atom. The first-order chi connectivity index (χ1) is 17.9. The third-order valence-corrected chi connectivity index (χ3v) is 6.92. The zero-order valence-electron chi connectivity index (χ0n) is 21.5. The molecule has 3 aromatic rings. The van der Waals surface area contributed by atoms with E-state index in [9.17, 15) is 9.59 Å². The zero-order valence-corrected chi connectivity index (χ0v) is 22.3. The van der Waals surface area contributed by atoms with Gasteiger partial charge in [-0.2, -0.15) is 0 Å². The SMILES string of the molecule is CCOC(=O)C1=C(C)N=c2s/c(=C\c3cc(OC)c(OC)c(OC)c3)c(=O)n2[C@@H]1c1ccccc1OC. The van der Waals surface area contributed by atoms with Crippen LogP contribution in [0.1, 0.15) is 31.0 Å². The lowest BCUT2D eigenvalue weighted by molar-refractivity contribution is -0.139. The van der Waals surface area contributed by atoms with Crippen LogP contribution < -0.4 is 33.8 Å². The first kappa shape index (κ1) is 26.0. The molecule has 0 N–H and O–H groups in total. The fourth-order valence-corrected chi connectivity index (χ4v) is 5.36. The van der Waals surface area contributed by atoms with Gasteiger partial charge in [0.2, 0.25) is 5.75 Å². The minimum atomic E-state index is -0.770. The zero-order chi connectivity index (χ0) is 26.7. The summed E-state index contributed by atoms with van der Waals surface area (Å²) in [5.41, 5.74) is 1.80. The van der Waals surface area contributed by atoms with E-state index in [4.69, 9.17) is 23.7 Å². The Labute approximate surface area is 217 Å². The normalized spacial score (nSPS) is 15.1. The predicted octanol–water partition coefficient (Wildman–Crippen LogP) is 2.83. The number of nitrogens with zero attached hydrogens (tertiary/aromatic N) is 2. The molecule has 10 heteroatoms. The second kappa shape index (κ2) is 10.9. The average Bonchev–Trinajstić information content (AvgIpc) is 3.21. The van der Waals surface area contributed by atoms with Gasteiger partial charge in [-0.05, 0) is 43.7 Å². The summed E-state index contributed by atoms with van der Waals surface area (Å²) in [6.45, 7) is 3.67. The second-order valence-corrected chi connectivity index (χ2v) is 9.01. The van der Waals surface area contributed by atoms with Crippen LogP contribution in [0.15, 0.2) is 57.5 Å². The minimum Gasteiger partial charge on any atom is -0.496 e. The van der Waals surface area contributed by atoms with Gasteiger partial charge in [0.05, 0.1) is 50.8 Å². The van der Waals surface area contributed by atoms with E-state index in [0.717, 1.165) is 0 Å². The molecule has 1 aliphatic heterocycles. The number of hydrogen-bond donors (Lipinski definition) is 0. The van der Waals surface area contributed by atoms with Crippen molar-refractivity contribution in [1.29, 1.82) is 0 Å². The molecule has 0 saturated carbocycles. The monoisotopic (exact) mass is 524 g/mol. The molecule has 2 heterocycles. The fourth-order valence-electron chi connectivity index (χ4n) is 4.31. The van der Waals surface area contributed by atoms with Crippen LogP contribution in [0.5, 0.6) is 23.0 Å². The average molecular weight is 525 g/mol. The molecule has 0 unspecified atom stereocenters. The summed E-state index contributed by atoms with van der Waals surface area (Å²) in [5.74, 6) is 1.40. The summed E-state index contributed by atoms with van der Waals surface area (Å²) in [7, 11) is 6.14. The van der Waals surface area contributed by atoms with Gasteiger partial charge in [0.25, 0.3) is 5.56 Å². The van der Waals surface area contributed by atoms with Crippen LogP contribution in [0, 0.1) is 0 Å². The van der Waals surface area contributed by atoms with Crippen LogP contribution in [0.3, 0.4) is 0 Å². The van der Waals surface area contributed by atoms with E-state index in [1.165, 1.54) is 37.2 Å². The lowest BCUT2D eigenvalue weighted by Crippen LogP contribution is -2.40. The molecular formula is C27H28N2O7S. The number of carbonyl (C=O) groups excluding carboxylic acids is 1. The number of para-hydroxylation sites is 1. The van der Waals surface area contributed by atoms with Gasteiger partial charge < -0.3 is 23.7 Å². The highest BCUT2D eigenvalue weighted by Gasteiger charge is 2.35. The van der Waals surface area contributed by atoms with Crippen molar-refractivity contribution in [1.82, 2.24) is 4.57 Å². The van der Waals surface area contributed by atoms with Crippen molar-refractivity contribution in [2.45, 2.75) is 19.9 Å². The molecule has 0 amide bonds. The maximum absolute atomic E-state index is 13.8. The number of aromatic nitrogens is 1. The Balaban J connectivity index is 1.98. The number of carbonyl (C=O) groups is 1. The molecular weight excluding hydrogens is 496 g/mol. The van der Waals surface area contributed by atoms with Crippen LogP contribution >= 0.6 is 11.3 Å². The topological polar surface area (TPSA) is 97.6 Å². The molecule has 1 aromatic heterocycles. The fraction of sp³-hybridized carbons (Fsp3) is 0.296. The van der Waals surface area contributed by atoms with E-state index < -0.39 is 12.0 Å². The Kier molecular flexibility index (Phi) is 7.68. The number of ether oxygens (including phenoxy) is 5. The number of benzene rings is 2. The van der Waals surface area contributed by atoms with E-state index in [-0.39, 0.29) is 17.7 Å². The van der Waals surface area contributed by atoms with Gasteiger partial charge >= 0.3 is 5.97 Å². The number of rotatable bonds is 8. The van der Waals surface area contributed by atoms with Gasteiger partial charge in [-0.25, -0.2) is 9.79 Å². The molecule has 1 atom stereocenters. The molecule has 0 aliphatic carbocycles. The van der Waals surface area contributed by atoms with Crippen molar-refractivity contribution in [2.75, 3.05) is 35.0 Å². The van der Waals surface area contributed by atoms with Crippen LogP contribution in [-0.2, 0) is 9.53 Å². The largest absolute Gasteiger partial charge is 0.496 e. The molecule has 0 spiro atoms.